The summed E-state index contributed by atoms with van der Waals surface area (Å²) in [6.07, 6.45) is 7.80. The summed E-state index contributed by atoms with van der Waals surface area (Å²) in [7, 11) is 0. The van der Waals surface area contributed by atoms with Gasteiger partial charge >= 0.3 is 0 Å². The Hall–Kier alpha value is -2.73. The summed E-state index contributed by atoms with van der Waals surface area (Å²) in [6, 6.07) is 14.2. The van der Waals surface area contributed by atoms with Crippen molar-refractivity contribution in [3.05, 3.63) is 65.3 Å². The first kappa shape index (κ1) is 21.0. The van der Waals surface area contributed by atoms with Gasteiger partial charge in [0.05, 0.1) is 18.5 Å². The number of unbranched alkanes of at least 4 members (excludes halogenated alkanes) is 4. The molecule has 0 amide bonds. The molecule has 1 N–H and O–H groups in total. The Morgan fingerprint density at radius 1 is 1.07 bits per heavy atom. The smallest absolute Gasteiger partial charge is 0.203 e. The average molecular weight is 412 g/mol. The summed E-state index contributed by atoms with van der Waals surface area (Å²) in [4.78, 5) is 4.49. The van der Waals surface area contributed by atoms with Crippen LogP contribution in [0.3, 0.4) is 0 Å². The minimum Gasteiger partial charge on any atom is -0.493 e. The number of aromatic nitrogens is 1. The van der Waals surface area contributed by atoms with Crippen LogP contribution in [0.1, 0.15) is 44.6 Å². The van der Waals surface area contributed by atoms with E-state index in [9.17, 15) is 4.39 Å². The van der Waals surface area contributed by atoms with Gasteiger partial charge in [-0.05, 0) is 42.8 Å². The molecule has 1 aromatic heterocycles. The van der Waals surface area contributed by atoms with Crippen molar-refractivity contribution < 1.29 is 9.13 Å². The number of hydrogen-bond acceptors (Lipinski definition) is 5. The lowest BCUT2D eigenvalue weighted by Crippen LogP contribution is -2.00. The van der Waals surface area contributed by atoms with Crippen LogP contribution in [0.2, 0.25) is 0 Å². The van der Waals surface area contributed by atoms with Crippen LogP contribution in [-0.4, -0.2) is 17.8 Å². The quantitative estimate of drug-likeness (QED) is 0.216. The van der Waals surface area contributed by atoms with Crippen LogP contribution in [0, 0.1) is 5.82 Å². The van der Waals surface area contributed by atoms with Gasteiger partial charge in [0.15, 0.2) is 0 Å². The van der Waals surface area contributed by atoms with Crippen molar-refractivity contribution in [2.24, 2.45) is 5.10 Å². The van der Waals surface area contributed by atoms with Crippen molar-refractivity contribution in [3.63, 3.8) is 0 Å². The minimum atomic E-state index is -0.256. The highest BCUT2D eigenvalue weighted by molar-refractivity contribution is 7.14. The number of benzene rings is 2. The molecule has 0 aliphatic heterocycles. The molecule has 29 heavy (non-hydrogen) atoms. The lowest BCUT2D eigenvalue weighted by molar-refractivity contribution is 0.304. The summed E-state index contributed by atoms with van der Waals surface area (Å²) < 4.78 is 19.0. The van der Waals surface area contributed by atoms with Gasteiger partial charge in [0.1, 0.15) is 11.6 Å². The van der Waals surface area contributed by atoms with Crippen molar-refractivity contribution in [2.75, 3.05) is 12.0 Å². The molecule has 0 unspecified atom stereocenters. The zero-order valence-electron chi connectivity index (χ0n) is 16.6. The third-order valence-corrected chi connectivity index (χ3v) is 5.18. The monoisotopic (exact) mass is 411 g/mol. The molecule has 3 aromatic rings. The van der Waals surface area contributed by atoms with E-state index in [-0.39, 0.29) is 5.82 Å². The highest BCUT2D eigenvalue weighted by Crippen LogP contribution is 2.25. The van der Waals surface area contributed by atoms with E-state index < -0.39 is 0 Å². The average Bonchev–Trinajstić information content (AvgIpc) is 3.21. The van der Waals surface area contributed by atoms with Crippen molar-refractivity contribution in [2.45, 2.75) is 39.0 Å². The van der Waals surface area contributed by atoms with Gasteiger partial charge in [-0.3, -0.25) is 5.43 Å². The van der Waals surface area contributed by atoms with E-state index in [1.807, 2.05) is 29.6 Å². The molecule has 0 bridgehead atoms. The first-order valence-electron chi connectivity index (χ1n) is 9.98. The van der Waals surface area contributed by atoms with E-state index in [2.05, 4.69) is 22.4 Å². The normalized spacial score (nSPS) is 11.1. The first-order chi connectivity index (χ1) is 14.3. The molecule has 0 aliphatic carbocycles. The lowest BCUT2D eigenvalue weighted by atomic mass is 10.2. The van der Waals surface area contributed by atoms with Crippen molar-refractivity contribution in [3.8, 4) is 17.0 Å². The largest absolute Gasteiger partial charge is 0.493 e. The zero-order chi connectivity index (χ0) is 20.3. The Kier molecular flexibility index (Phi) is 8.19. The van der Waals surface area contributed by atoms with Crippen LogP contribution in [0.5, 0.6) is 5.75 Å². The fourth-order valence-corrected chi connectivity index (χ4v) is 3.51. The van der Waals surface area contributed by atoms with E-state index in [1.54, 1.807) is 18.3 Å². The number of anilines is 1. The molecule has 1 heterocycles. The van der Waals surface area contributed by atoms with Crippen LogP contribution in [0.4, 0.5) is 9.52 Å². The Labute approximate surface area is 175 Å². The van der Waals surface area contributed by atoms with E-state index in [1.165, 1.54) is 49.2 Å². The van der Waals surface area contributed by atoms with Gasteiger partial charge in [-0.1, -0.05) is 44.7 Å². The Morgan fingerprint density at radius 3 is 2.69 bits per heavy atom. The standard InChI is InChI=1S/C23H26FN3OS/c1-2-3-4-5-8-15-28-22-10-7-6-9-19(22)16-25-27-23-26-21(17-29-23)18-11-13-20(24)14-12-18/h6-7,9-14,16-17H,2-5,8,15H2,1H3,(H,26,27)/b25-16-. The molecular weight excluding hydrogens is 385 g/mol. The zero-order valence-corrected chi connectivity index (χ0v) is 17.4. The van der Waals surface area contributed by atoms with Crippen LogP contribution < -0.4 is 10.2 Å². The first-order valence-corrected chi connectivity index (χ1v) is 10.9. The number of hydrazone groups is 1. The molecule has 0 radical (unpaired) electrons. The third kappa shape index (κ3) is 6.68. The second-order valence-corrected chi connectivity index (χ2v) is 7.57. The summed E-state index contributed by atoms with van der Waals surface area (Å²) in [5.74, 6) is 0.577. The van der Waals surface area contributed by atoms with Crippen molar-refractivity contribution in [1.29, 1.82) is 0 Å². The van der Waals surface area contributed by atoms with E-state index in [4.69, 9.17) is 4.74 Å². The lowest BCUT2D eigenvalue weighted by Gasteiger charge is -2.08. The summed E-state index contributed by atoms with van der Waals surface area (Å²) in [5, 5.41) is 6.89. The predicted molar refractivity (Wildman–Crippen MR) is 119 cm³/mol. The molecule has 0 fully saturated rings. The highest BCUT2D eigenvalue weighted by atomic mass is 32.1. The second kappa shape index (κ2) is 11.3. The van der Waals surface area contributed by atoms with Crippen LogP contribution in [0.25, 0.3) is 11.3 Å². The minimum absolute atomic E-state index is 0.256. The molecule has 0 saturated heterocycles. The van der Waals surface area contributed by atoms with E-state index in [0.29, 0.717) is 5.13 Å². The molecule has 152 valence electrons. The number of hydrogen-bond donors (Lipinski definition) is 1. The van der Waals surface area contributed by atoms with Crippen LogP contribution in [0.15, 0.2) is 59.0 Å². The van der Waals surface area contributed by atoms with Crippen LogP contribution in [-0.2, 0) is 0 Å². The van der Waals surface area contributed by atoms with Crippen LogP contribution >= 0.6 is 11.3 Å². The molecule has 6 heteroatoms. The number of para-hydroxylation sites is 1. The van der Waals surface area contributed by atoms with E-state index in [0.717, 1.165) is 35.6 Å². The fraction of sp³-hybridized carbons (Fsp3) is 0.304. The Bertz CT molecular complexity index is 908. The van der Waals surface area contributed by atoms with Gasteiger partial charge in [-0.2, -0.15) is 5.10 Å². The SMILES string of the molecule is CCCCCCCOc1ccccc1/C=N\Nc1nc(-c2ccc(F)cc2)cs1. The number of nitrogens with one attached hydrogen (secondary N) is 1. The number of halogens is 1. The molecule has 3 rings (SSSR count). The van der Waals surface area contributed by atoms with Gasteiger partial charge in [-0.25, -0.2) is 9.37 Å². The Morgan fingerprint density at radius 2 is 1.86 bits per heavy atom. The maximum Gasteiger partial charge on any atom is 0.203 e. The molecule has 0 atom stereocenters. The van der Waals surface area contributed by atoms with Gasteiger partial charge in [0.25, 0.3) is 0 Å². The summed E-state index contributed by atoms with van der Waals surface area (Å²) in [5.41, 5.74) is 5.54. The molecule has 0 aliphatic rings. The molecule has 2 aromatic carbocycles. The van der Waals surface area contributed by atoms with Crippen molar-refractivity contribution >= 4 is 22.7 Å². The summed E-state index contributed by atoms with van der Waals surface area (Å²) >= 11 is 1.45. The molecule has 0 saturated carbocycles. The molecular formula is C23H26FN3OS. The van der Waals surface area contributed by atoms with Gasteiger partial charge in [0.2, 0.25) is 5.13 Å². The maximum absolute atomic E-state index is 13.1. The third-order valence-electron chi connectivity index (χ3n) is 4.43. The number of rotatable bonds is 11. The fourth-order valence-electron chi connectivity index (χ4n) is 2.84. The topological polar surface area (TPSA) is 46.5 Å². The van der Waals surface area contributed by atoms with Gasteiger partial charge < -0.3 is 4.74 Å². The Balaban J connectivity index is 1.53. The predicted octanol–water partition coefficient (Wildman–Crippen LogP) is 6.74. The van der Waals surface area contributed by atoms with Crippen molar-refractivity contribution in [1.82, 2.24) is 4.98 Å². The molecule has 0 spiro atoms. The number of thiazole rings is 1. The number of nitrogens with zero attached hydrogens (tertiary/aromatic N) is 2. The second-order valence-electron chi connectivity index (χ2n) is 6.72. The summed E-state index contributed by atoms with van der Waals surface area (Å²) in [6.45, 7) is 2.94. The number of ether oxygens (including phenoxy) is 1. The van der Waals surface area contributed by atoms with Gasteiger partial charge in [0, 0.05) is 16.5 Å². The van der Waals surface area contributed by atoms with E-state index >= 15 is 0 Å². The van der Waals surface area contributed by atoms with Gasteiger partial charge in [-0.15, -0.1) is 11.3 Å². The molecule has 4 nitrogen and oxygen atoms in total. The highest BCUT2D eigenvalue weighted by Gasteiger charge is 2.05. The maximum atomic E-state index is 13.1.